The van der Waals surface area contributed by atoms with E-state index in [4.69, 9.17) is 0 Å². The lowest BCUT2D eigenvalue weighted by atomic mass is 9.85. The molecule has 0 aliphatic heterocycles. The van der Waals surface area contributed by atoms with E-state index in [1.165, 1.54) is 50.3 Å². The highest BCUT2D eigenvalue weighted by Gasteiger charge is 2.15. The van der Waals surface area contributed by atoms with Crippen molar-refractivity contribution in [1.29, 1.82) is 0 Å². The predicted octanol–water partition coefficient (Wildman–Crippen LogP) is 3.65. The molecule has 0 amide bonds. The van der Waals surface area contributed by atoms with E-state index in [9.17, 15) is 9.50 Å². The number of hydrogen-bond acceptors (Lipinski definition) is 1. The van der Waals surface area contributed by atoms with E-state index < -0.39 is 0 Å². The minimum atomic E-state index is -0.251. The predicted molar refractivity (Wildman–Crippen MR) is 58.3 cm³/mol. The number of hydrogen-bond donors (Lipinski definition) is 1. The standard InChI is InChI=1S/C13H17FO/c14-12-6-7-13(15)11(9-12)8-10-4-2-1-3-5-10/h6-7,9-10,15H,1-5,8H2. The van der Waals surface area contributed by atoms with Gasteiger partial charge < -0.3 is 5.11 Å². The number of benzene rings is 1. The largest absolute Gasteiger partial charge is 0.508 e. The van der Waals surface area contributed by atoms with Gasteiger partial charge in [0.1, 0.15) is 11.6 Å². The van der Waals surface area contributed by atoms with E-state index in [0.717, 1.165) is 12.0 Å². The summed E-state index contributed by atoms with van der Waals surface area (Å²) >= 11 is 0. The molecule has 0 radical (unpaired) electrons. The van der Waals surface area contributed by atoms with E-state index in [-0.39, 0.29) is 11.6 Å². The summed E-state index contributed by atoms with van der Waals surface area (Å²) in [6.45, 7) is 0. The summed E-state index contributed by atoms with van der Waals surface area (Å²) in [7, 11) is 0. The third kappa shape index (κ3) is 2.71. The SMILES string of the molecule is Oc1ccc(F)cc1CC1CCCCC1. The topological polar surface area (TPSA) is 20.2 Å². The Labute approximate surface area is 89.9 Å². The Morgan fingerprint density at radius 3 is 2.67 bits per heavy atom. The first-order valence-corrected chi connectivity index (χ1v) is 5.73. The molecule has 0 aromatic heterocycles. The molecule has 0 spiro atoms. The first-order chi connectivity index (χ1) is 7.25. The molecule has 82 valence electrons. The van der Waals surface area contributed by atoms with Crippen molar-refractivity contribution in [2.45, 2.75) is 38.5 Å². The second-order valence-electron chi connectivity index (χ2n) is 4.48. The van der Waals surface area contributed by atoms with Crippen LogP contribution in [0.5, 0.6) is 5.75 Å². The average molecular weight is 208 g/mol. The Bertz CT molecular complexity index is 329. The van der Waals surface area contributed by atoms with Crippen LogP contribution >= 0.6 is 0 Å². The summed E-state index contributed by atoms with van der Waals surface area (Å²) in [6, 6.07) is 4.22. The van der Waals surface area contributed by atoms with Crippen LogP contribution in [0.15, 0.2) is 18.2 Å². The summed E-state index contributed by atoms with van der Waals surface area (Å²) in [5.41, 5.74) is 0.766. The van der Waals surface area contributed by atoms with Gasteiger partial charge in [0.15, 0.2) is 0 Å². The first kappa shape index (κ1) is 10.5. The molecule has 0 heterocycles. The van der Waals surface area contributed by atoms with Gasteiger partial charge in [-0.05, 0) is 36.1 Å². The maximum Gasteiger partial charge on any atom is 0.123 e. The Morgan fingerprint density at radius 2 is 1.93 bits per heavy atom. The van der Waals surface area contributed by atoms with Crippen LogP contribution < -0.4 is 0 Å². The van der Waals surface area contributed by atoms with Crippen molar-refractivity contribution in [2.75, 3.05) is 0 Å². The molecule has 0 bridgehead atoms. The van der Waals surface area contributed by atoms with E-state index in [1.807, 2.05) is 0 Å². The zero-order valence-electron chi connectivity index (χ0n) is 8.88. The molecule has 1 aliphatic carbocycles. The van der Waals surface area contributed by atoms with Crippen molar-refractivity contribution >= 4 is 0 Å². The number of phenolic OH excluding ortho intramolecular Hbond substituents is 1. The van der Waals surface area contributed by atoms with Crippen LogP contribution in [0.4, 0.5) is 4.39 Å². The van der Waals surface area contributed by atoms with Crippen LogP contribution in [-0.4, -0.2) is 5.11 Å². The molecule has 0 atom stereocenters. The van der Waals surface area contributed by atoms with Crippen LogP contribution in [-0.2, 0) is 6.42 Å². The minimum absolute atomic E-state index is 0.238. The van der Waals surface area contributed by atoms with Gasteiger partial charge in [-0.1, -0.05) is 32.1 Å². The van der Waals surface area contributed by atoms with Crippen molar-refractivity contribution in [2.24, 2.45) is 5.92 Å². The molecule has 1 fully saturated rings. The molecule has 15 heavy (non-hydrogen) atoms. The zero-order chi connectivity index (χ0) is 10.7. The third-order valence-electron chi connectivity index (χ3n) is 3.27. The van der Waals surface area contributed by atoms with Gasteiger partial charge in [0.25, 0.3) is 0 Å². The van der Waals surface area contributed by atoms with Gasteiger partial charge in [-0.25, -0.2) is 4.39 Å². The van der Waals surface area contributed by atoms with E-state index >= 15 is 0 Å². The van der Waals surface area contributed by atoms with Gasteiger partial charge in [-0.15, -0.1) is 0 Å². The van der Waals surface area contributed by atoms with Crippen molar-refractivity contribution in [3.8, 4) is 5.75 Å². The Hall–Kier alpha value is -1.05. The number of phenols is 1. The summed E-state index contributed by atoms with van der Waals surface area (Å²) in [5, 5.41) is 9.60. The fraction of sp³-hybridized carbons (Fsp3) is 0.538. The molecule has 1 aromatic rings. The van der Waals surface area contributed by atoms with Gasteiger partial charge in [-0.3, -0.25) is 0 Å². The van der Waals surface area contributed by atoms with Gasteiger partial charge >= 0.3 is 0 Å². The lowest BCUT2D eigenvalue weighted by molar-refractivity contribution is 0.351. The van der Waals surface area contributed by atoms with Crippen LogP contribution in [0.1, 0.15) is 37.7 Å². The van der Waals surface area contributed by atoms with Crippen molar-refractivity contribution < 1.29 is 9.50 Å². The monoisotopic (exact) mass is 208 g/mol. The van der Waals surface area contributed by atoms with E-state index in [0.29, 0.717) is 5.92 Å². The summed E-state index contributed by atoms with van der Waals surface area (Å²) in [6.07, 6.45) is 7.14. The fourth-order valence-corrected chi connectivity index (χ4v) is 2.42. The molecule has 1 saturated carbocycles. The molecule has 1 aromatic carbocycles. The molecule has 0 unspecified atom stereocenters. The molecule has 1 nitrogen and oxygen atoms in total. The van der Waals surface area contributed by atoms with Crippen molar-refractivity contribution in [3.63, 3.8) is 0 Å². The highest BCUT2D eigenvalue weighted by atomic mass is 19.1. The van der Waals surface area contributed by atoms with E-state index in [2.05, 4.69) is 0 Å². The Morgan fingerprint density at radius 1 is 1.20 bits per heavy atom. The second kappa shape index (κ2) is 4.65. The van der Waals surface area contributed by atoms with Gasteiger partial charge in [0.05, 0.1) is 0 Å². The highest BCUT2D eigenvalue weighted by molar-refractivity contribution is 5.32. The number of aromatic hydroxyl groups is 1. The van der Waals surface area contributed by atoms with Crippen LogP contribution in [0, 0.1) is 11.7 Å². The molecular weight excluding hydrogens is 191 g/mol. The summed E-state index contributed by atoms with van der Waals surface area (Å²) in [5.74, 6) is 0.618. The maximum atomic E-state index is 13.0. The summed E-state index contributed by atoms with van der Waals surface area (Å²) < 4.78 is 13.0. The molecule has 2 rings (SSSR count). The fourth-order valence-electron chi connectivity index (χ4n) is 2.42. The van der Waals surface area contributed by atoms with E-state index in [1.54, 1.807) is 0 Å². The number of halogens is 1. The average Bonchev–Trinajstić information content (AvgIpc) is 2.25. The first-order valence-electron chi connectivity index (χ1n) is 5.73. The van der Waals surface area contributed by atoms with Crippen LogP contribution in [0.3, 0.4) is 0 Å². The second-order valence-corrected chi connectivity index (χ2v) is 4.48. The zero-order valence-corrected chi connectivity index (χ0v) is 8.88. The minimum Gasteiger partial charge on any atom is -0.508 e. The lowest BCUT2D eigenvalue weighted by Gasteiger charge is -2.21. The van der Waals surface area contributed by atoms with Crippen molar-refractivity contribution in [3.05, 3.63) is 29.6 Å². The molecule has 2 heteroatoms. The smallest absolute Gasteiger partial charge is 0.123 e. The third-order valence-corrected chi connectivity index (χ3v) is 3.27. The van der Waals surface area contributed by atoms with Gasteiger partial charge in [0.2, 0.25) is 0 Å². The molecule has 1 aliphatic rings. The molecular formula is C13H17FO. The quantitative estimate of drug-likeness (QED) is 0.786. The number of rotatable bonds is 2. The van der Waals surface area contributed by atoms with Gasteiger partial charge in [-0.2, -0.15) is 0 Å². The normalized spacial score (nSPS) is 17.9. The highest BCUT2D eigenvalue weighted by Crippen LogP contribution is 2.29. The van der Waals surface area contributed by atoms with Crippen LogP contribution in [0.2, 0.25) is 0 Å². The molecule has 0 saturated heterocycles. The molecule has 1 N–H and O–H groups in total. The summed E-state index contributed by atoms with van der Waals surface area (Å²) in [4.78, 5) is 0. The Kier molecular flexibility index (Phi) is 3.24. The van der Waals surface area contributed by atoms with Gasteiger partial charge in [0, 0.05) is 0 Å². The van der Waals surface area contributed by atoms with Crippen LogP contribution in [0.25, 0.3) is 0 Å². The lowest BCUT2D eigenvalue weighted by Crippen LogP contribution is -2.09. The van der Waals surface area contributed by atoms with Crippen molar-refractivity contribution in [1.82, 2.24) is 0 Å². The maximum absolute atomic E-state index is 13.0. The Balaban J connectivity index is 2.05.